The van der Waals surface area contributed by atoms with E-state index in [-0.39, 0.29) is 12.0 Å². The maximum Gasteiger partial charge on any atom is 0.160 e. The second-order valence-electron chi connectivity index (χ2n) is 0.238. The lowest BCUT2D eigenvalue weighted by molar-refractivity contribution is 0.570. The molecule has 0 aromatic heterocycles. The van der Waals surface area contributed by atoms with Gasteiger partial charge in [0.2, 0.25) is 0 Å². The zero-order valence-electron chi connectivity index (χ0n) is 1.94. The molecule has 0 aliphatic rings. The van der Waals surface area contributed by atoms with Gasteiger partial charge in [-0.2, -0.15) is 0 Å². The van der Waals surface area contributed by atoms with Gasteiger partial charge in [0.05, 0.1) is 0 Å². The summed E-state index contributed by atoms with van der Waals surface area (Å²) in [5.74, 6) is 0. The quantitative estimate of drug-likeness (QED) is 0.478. The number of hydrogen-bond donors (Lipinski definition) is 1. The summed E-state index contributed by atoms with van der Waals surface area (Å²) in [5.41, 5.74) is 0. The minimum atomic E-state index is -0.708. The summed E-state index contributed by atoms with van der Waals surface area (Å²) in [6, 6.07) is -0.708. The van der Waals surface area contributed by atoms with E-state index in [1.165, 1.54) is 0 Å². The molecule has 0 unspecified atom stereocenters. The van der Waals surface area contributed by atoms with Gasteiger partial charge in [0.15, 0.2) is 6.01 Å². The van der Waals surface area contributed by atoms with Crippen LogP contribution in [0.5, 0.6) is 0 Å². The van der Waals surface area contributed by atoms with Crippen LogP contribution in [0.3, 0.4) is 0 Å². The van der Waals surface area contributed by atoms with Gasteiger partial charge in [0.1, 0.15) is 0 Å². The van der Waals surface area contributed by atoms with Crippen molar-refractivity contribution in [2.75, 3.05) is 6.01 Å². The van der Waals surface area contributed by atoms with Crippen LogP contribution >= 0.6 is 12.0 Å². The summed E-state index contributed by atoms with van der Waals surface area (Å²) in [5, 5.41) is 0. The molecule has 0 saturated carbocycles. The minimum Gasteiger partial charge on any atom is -0.328 e. The fourth-order valence-electron chi connectivity index (χ4n) is 0. The normalized spacial score (nSPS) is 7.50. The molecule has 3 heteroatoms. The van der Waals surface area contributed by atoms with E-state index in [1.54, 1.807) is 0 Å². The molecule has 0 atom stereocenters. The van der Waals surface area contributed by atoms with Crippen LogP contribution in [0.2, 0.25) is 0 Å². The standard InChI is InChI=1S/CH3FOS/c2-1-4-3/h3H,1H2. The number of rotatable bonds is 1. The SMILES string of the molecule is OSCF. The van der Waals surface area contributed by atoms with Gasteiger partial charge < -0.3 is 4.55 Å². The zero-order valence-corrected chi connectivity index (χ0v) is 2.76. The highest BCUT2D eigenvalue weighted by Gasteiger charge is 1.62. The summed E-state index contributed by atoms with van der Waals surface area (Å²) in [6.45, 7) is 0. The Kier molecular flexibility index (Phi) is 3.43. The first-order valence-electron chi connectivity index (χ1n) is 0.739. The van der Waals surface area contributed by atoms with Gasteiger partial charge in [-0.3, -0.25) is 0 Å². The number of alkyl halides is 1. The van der Waals surface area contributed by atoms with Gasteiger partial charge in [-0.25, -0.2) is 4.39 Å². The average molecular weight is 82.1 g/mol. The van der Waals surface area contributed by atoms with Crippen molar-refractivity contribution in [3.63, 3.8) is 0 Å². The van der Waals surface area contributed by atoms with E-state index in [2.05, 4.69) is 0 Å². The van der Waals surface area contributed by atoms with Crippen LogP contribution in [0.1, 0.15) is 0 Å². The molecule has 0 aliphatic carbocycles. The number of halogens is 1. The molecule has 0 saturated heterocycles. The smallest absolute Gasteiger partial charge is 0.160 e. The van der Waals surface area contributed by atoms with Crippen LogP contribution in [-0.2, 0) is 0 Å². The van der Waals surface area contributed by atoms with Crippen molar-refractivity contribution in [3.05, 3.63) is 0 Å². The Morgan fingerprint density at radius 2 is 2.25 bits per heavy atom. The van der Waals surface area contributed by atoms with E-state index >= 15 is 0 Å². The fraction of sp³-hybridized carbons (Fsp3) is 1.00. The average Bonchev–Trinajstić information content (AvgIpc) is 1.37. The molecular formula is CH3FOS. The van der Waals surface area contributed by atoms with Gasteiger partial charge in [0, 0.05) is 12.0 Å². The lowest BCUT2D eigenvalue weighted by atomic mass is 11.8. The summed E-state index contributed by atoms with van der Waals surface area (Å²) in [6.07, 6.45) is 0. The Morgan fingerprint density at radius 3 is 2.25 bits per heavy atom. The molecular weight excluding hydrogens is 79.1 g/mol. The summed E-state index contributed by atoms with van der Waals surface area (Å²) >= 11 is 0.190. The van der Waals surface area contributed by atoms with E-state index in [9.17, 15) is 4.39 Å². The van der Waals surface area contributed by atoms with Crippen LogP contribution in [0.25, 0.3) is 0 Å². The van der Waals surface area contributed by atoms with Crippen molar-refractivity contribution in [1.29, 1.82) is 0 Å². The molecule has 0 aromatic carbocycles. The molecule has 0 fully saturated rings. The van der Waals surface area contributed by atoms with Crippen LogP contribution in [0.15, 0.2) is 0 Å². The topological polar surface area (TPSA) is 20.2 Å². The summed E-state index contributed by atoms with van der Waals surface area (Å²) in [4.78, 5) is 0. The third kappa shape index (κ3) is 2.24. The molecule has 1 nitrogen and oxygen atoms in total. The molecule has 0 heterocycles. The van der Waals surface area contributed by atoms with Crippen molar-refractivity contribution in [2.24, 2.45) is 0 Å². The molecule has 26 valence electrons. The maximum atomic E-state index is 10.4. The molecule has 0 aromatic rings. The zero-order chi connectivity index (χ0) is 3.41. The van der Waals surface area contributed by atoms with Gasteiger partial charge >= 0.3 is 0 Å². The van der Waals surface area contributed by atoms with Crippen molar-refractivity contribution < 1.29 is 8.94 Å². The van der Waals surface area contributed by atoms with Crippen molar-refractivity contribution in [2.45, 2.75) is 0 Å². The minimum absolute atomic E-state index is 0.190. The Hall–Kier alpha value is 0.240. The molecule has 0 aliphatic heterocycles. The largest absolute Gasteiger partial charge is 0.328 e. The van der Waals surface area contributed by atoms with Gasteiger partial charge in [-0.05, 0) is 0 Å². The van der Waals surface area contributed by atoms with E-state index in [0.29, 0.717) is 0 Å². The van der Waals surface area contributed by atoms with Crippen molar-refractivity contribution in [3.8, 4) is 0 Å². The van der Waals surface area contributed by atoms with E-state index in [4.69, 9.17) is 4.55 Å². The molecule has 0 rings (SSSR count). The van der Waals surface area contributed by atoms with Crippen LogP contribution in [0, 0.1) is 0 Å². The third-order valence-electron chi connectivity index (χ3n) is 0.0488. The van der Waals surface area contributed by atoms with Gasteiger partial charge in [-0.15, -0.1) is 0 Å². The predicted octanol–water partition coefficient (Wildman–Crippen LogP) is 1.12. The Balaban J connectivity index is 1.97. The van der Waals surface area contributed by atoms with Crippen LogP contribution in [-0.4, -0.2) is 10.6 Å². The predicted molar refractivity (Wildman–Crippen MR) is 16.2 cm³/mol. The van der Waals surface area contributed by atoms with E-state index in [1.807, 2.05) is 0 Å². The summed E-state index contributed by atoms with van der Waals surface area (Å²) < 4.78 is 17.9. The highest BCUT2D eigenvalue weighted by molar-refractivity contribution is 7.93. The third-order valence-corrected chi connectivity index (χ3v) is 0.146. The highest BCUT2D eigenvalue weighted by Crippen LogP contribution is 1.85. The molecule has 0 radical (unpaired) electrons. The molecule has 4 heavy (non-hydrogen) atoms. The van der Waals surface area contributed by atoms with Crippen molar-refractivity contribution >= 4 is 12.0 Å². The maximum absolute atomic E-state index is 10.4. The Morgan fingerprint density at radius 1 is 2.00 bits per heavy atom. The lowest BCUT2D eigenvalue weighted by Crippen LogP contribution is -1.49. The van der Waals surface area contributed by atoms with Crippen LogP contribution in [0.4, 0.5) is 4.39 Å². The van der Waals surface area contributed by atoms with Crippen LogP contribution < -0.4 is 0 Å². The molecule has 0 amide bonds. The monoisotopic (exact) mass is 82.0 g/mol. The second kappa shape index (κ2) is 3.24. The molecule has 0 bridgehead atoms. The van der Waals surface area contributed by atoms with E-state index < -0.39 is 6.01 Å². The van der Waals surface area contributed by atoms with E-state index in [0.717, 1.165) is 0 Å². The Bertz CT molecular complexity index is 10.0. The first kappa shape index (κ1) is 4.24. The second-order valence-corrected chi connectivity index (χ2v) is 0.715. The van der Waals surface area contributed by atoms with Gasteiger partial charge in [0.25, 0.3) is 0 Å². The lowest BCUT2D eigenvalue weighted by Gasteiger charge is -1.65. The number of hydrogen-bond acceptors (Lipinski definition) is 2. The van der Waals surface area contributed by atoms with Gasteiger partial charge in [-0.1, -0.05) is 0 Å². The first-order chi connectivity index (χ1) is 1.91. The first-order valence-corrected chi connectivity index (χ1v) is 1.68. The molecule has 0 spiro atoms. The highest BCUT2D eigenvalue weighted by atomic mass is 32.2. The Labute approximate surface area is 28.0 Å². The molecule has 1 N–H and O–H groups in total. The fourth-order valence-corrected chi connectivity index (χ4v) is 0. The summed E-state index contributed by atoms with van der Waals surface area (Å²) in [7, 11) is 0. The van der Waals surface area contributed by atoms with Crippen molar-refractivity contribution in [1.82, 2.24) is 0 Å².